The van der Waals surface area contributed by atoms with Gasteiger partial charge >= 0.3 is 0 Å². The molecule has 0 aliphatic heterocycles. The van der Waals surface area contributed by atoms with Crippen LogP contribution in [0.15, 0.2) is 0 Å². The van der Waals surface area contributed by atoms with Gasteiger partial charge in [-0.15, -0.1) is 0 Å². The maximum Gasteiger partial charge on any atom is 0.282 e. The molecular weight excluding hydrogens is 588 g/mol. The third-order valence-electron chi connectivity index (χ3n) is 8.59. The molecular formula is C38H76N6O3. The van der Waals surface area contributed by atoms with Gasteiger partial charge in [0.2, 0.25) is 17.8 Å². The summed E-state index contributed by atoms with van der Waals surface area (Å²) in [5.41, 5.74) is 0. The predicted molar refractivity (Wildman–Crippen MR) is 201 cm³/mol. The molecule has 0 spiro atoms. The highest BCUT2D eigenvalue weighted by Gasteiger charge is 2.31. The molecule has 0 unspecified atom stereocenters. The summed E-state index contributed by atoms with van der Waals surface area (Å²) >= 11 is 0. The summed E-state index contributed by atoms with van der Waals surface area (Å²) in [5, 5.41) is 3.58. The molecule has 9 nitrogen and oxygen atoms in total. The molecule has 1 N–H and O–H groups in total. The normalized spacial score (nSPS) is 11.7. The van der Waals surface area contributed by atoms with Crippen LogP contribution in [0, 0.1) is 0 Å². The number of nitrogens with one attached hydrogen (secondary N) is 1. The van der Waals surface area contributed by atoms with Crippen molar-refractivity contribution in [2.75, 3.05) is 67.7 Å². The van der Waals surface area contributed by atoms with Crippen molar-refractivity contribution in [3.63, 3.8) is 0 Å². The number of anilines is 3. The van der Waals surface area contributed by atoms with E-state index in [0.29, 0.717) is 19.8 Å². The number of hydrogen-bond donors (Lipinski definition) is 1. The zero-order valence-electron chi connectivity index (χ0n) is 32.1. The van der Waals surface area contributed by atoms with Gasteiger partial charge < -0.3 is 29.3 Å². The SMILES string of the molecule is CCCCN(CCCC)c1nc(NCCCCCCCCCCCCC(OCC)(OCC)OCC)nc(N(CCCC)CCCC)n1. The van der Waals surface area contributed by atoms with Gasteiger partial charge in [0, 0.05) is 59.0 Å². The van der Waals surface area contributed by atoms with Gasteiger partial charge in [0.25, 0.3) is 5.97 Å². The van der Waals surface area contributed by atoms with Gasteiger partial charge in [-0.25, -0.2) is 0 Å². The largest absolute Gasteiger partial charge is 0.354 e. The van der Waals surface area contributed by atoms with Crippen LogP contribution < -0.4 is 15.1 Å². The molecule has 0 radical (unpaired) electrons. The minimum Gasteiger partial charge on any atom is -0.354 e. The maximum atomic E-state index is 5.85. The molecule has 1 rings (SSSR count). The monoisotopic (exact) mass is 665 g/mol. The second-order valence-electron chi connectivity index (χ2n) is 12.8. The number of aromatic nitrogens is 3. The van der Waals surface area contributed by atoms with Crippen molar-refractivity contribution in [2.24, 2.45) is 0 Å². The maximum absolute atomic E-state index is 5.85. The molecule has 0 saturated heterocycles. The fraction of sp³-hybridized carbons (Fsp3) is 0.921. The summed E-state index contributed by atoms with van der Waals surface area (Å²) in [6.07, 6.45) is 22.6. The Morgan fingerprint density at radius 3 is 1.19 bits per heavy atom. The minimum absolute atomic E-state index is 0.601. The van der Waals surface area contributed by atoms with Crippen LogP contribution in [-0.4, -0.2) is 73.5 Å². The van der Waals surface area contributed by atoms with Crippen LogP contribution in [0.1, 0.15) is 170 Å². The zero-order valence-corrected chi connectivity index (χ0v) is 32.1. The Morgan fingerprint density at radius 2 is 0.830 bits per heavy atom. The van der Waals surface area contributed by atoms with Crippen LogP contribution in [0.25, 0.3) is 0 Å². The highest BCUT2D eigenvalue weighted by Crippen LogP contribution is 2.24. The molecule has 0 bridgehead atoms. The number of nitrogens with zero attached hydrogens (tertiary/aromatic N) is 5. The van der Waals surface area contributed by atoms with Gasteiger partial charge in [-0.05, 0) is 59.3 Å². The molecule has 9 heteroatoms. The lowest BCUT2D eigenvalue weighted by molar-refractivity contribution is -0.380. The number of unbranched alkanes of at least 4 members (excludes halogenated alkanes) is 13. The van der Waals surface area contributed by atoms with E-state index in [2.05, 4.69) is 42.8 Å². The molecule has 47 heavy (non-hydrogen) atoms. The molecule has 1 aromatic heterocycles. The van der Waals surface area contributed by atoms with Crippen molar-refractivity contribution in [1.82, 2.24) is 15.0 Å². The molecule has 0 aliphatic rings. The van der Waals surface area contributed by atoms with E-state index >= 15 is 0 Å². The second kappa shape index (κ2) is 29.2. The zero-order chi connectivity index (χ0) is 34.4. The summed E-state index contributed by atoms with van der Waals surface area (Å²) < 4.78 is 17.6. The van der Waals surface area contributed by atoms with Crippen molar-refractivity contribution < 1.29 is 14.2 Å². The Labute approximate surface area is 290 Å². The quantitative estimate of drug-likeness (QED) is 0.0571. The molecule has 0 aromatic carbocycles. The van der Waals surface area contributed by atoms with E-state index in [1.807, 2.05) is 20.8 Å². The summed E-state index contributed by atoms with van der Waals surface area (Å²) in [5.74, 6) is 1.57. The number of rotatable bonds is 34. The predicted octanol–water partition coefficient (Wildman–Crippen LogP) is 10.2. The lowest BCUT2D eigenvalue weighted by Gasteiger charge is -2.32. The van der Waals surface area contributed by atoms with Crippen molar-refractivity contribution in [3.8, 4) is 0 Å². The lowest BCUT2D eigenvalue weighted by atomic mass is 10.1. The van der Waals surface area contributed by atoms with Crippen LogP contribution in [0.5, 0.6) is 0 Å². The lowest BCUT2D eigenvalue weighted by Crippen LogP contribution is -2.39. The number of hydrogen-bond acceptors (Lipinski definition) is 9. The first-order valence-corrected chi connectivity index (χ1v) is 19.9. The van der Waals surface area contributed by atoms with E-state index in [1.54, 1.807) is 0 Å². The van der Waals surface area contributed by atoms with Crippen LogP contribution >= 0.6 is 0 Å². The van der Waals surface area contributed by atoms with E-state index in [-0.39, 0.29) is 0 Å². The van der Waals surface area contributed by atoms with Crippen molar-refractivity contribution in [3.05, 3.63) is 0 Å². The van der Waals surface area contributed by atoms with E-state index < -0.39 is 5.97 Å². The fourth-order valence-electron chi connectivity index (χ4n) is 5.82. The highest BCUT2D eigenvalue weighted by atomic mass is 16.9. The average molecular weight is 665 g/mol. The molecule has 0 atom stereocenters. The smallest absolute Gasteiger partial charge is 0.282 e. The standard InChI is InChI=1S/C38H76N6O3/c1-8-15-31-43(32-16-9-2)36-40-35(41-37(42-36)44(33-17-10-3)34-18-11-4)39-30-28-26-24-22-20-19-21-23-25-27-29-38(45-12-5,46-13-6)47-14-7/h8-34H2,1-7H3,(H,39,40,41,42). The second-order valence-corrected chi connectivity index (χ2v) is 12.8. The Hall–Kier alpha value is -1.71. The Bertz CT molecular complexity index is 774. The van der Waals surface area contributed by atoms with E-state index in [0.717, 1.165) is 95.5 Å². The Balaban J connectivity index is 2.53. The molecule has 0 aliphatic carbocycles. The fourth-order valence-corrected chi connectivity index (χ4v) is 5.82. The van der Waals surface area contributed by atoms with Gasteiger partial charge in [0.05, 0.1) is 0 Å². The Morgan fingerprint density at radius 1 is 0.468 bits per heavy atom. The first kappa shape index (κ1) is 43.3. The van der Waals surface area contributed by atoms with Gasteiger partial charge in [-0.2, -0.15) is 15.0 Å². The first-order valence-electron chi connectivity index (χ1n) is 19.9. The van der Waals surface area contributed by atoms with Gasteiger partial charge in [0.1, 0.15) is 0 Å². The van der Waals surface area contributed by atoms with Crippen molar-refractivity contribution >= 4 is 17.8 Å². The van der Waals surface area contributed by atoms with Gasteiger partial charge in [-0.3, -0.25) is 0 Å². The van der Waals surface area contributed by atoms with Crippen LogP contribution in [0.3, 0.4) is 0 Å². The molecule has 0 saturated carbocycles. The highest BCUT2D eigenvalue weighted by molar-refractivity contribution is 5.45. The first-order chi connectivity index (χ1) is 23.0. The van der Waals surface area contributed by atoms with Crippen molar-refractivity contribution in [2.45, 2.75) is 176 Å². The molecule has 1 heterocycles. The topological polar surface area (TPSA) is 84.9 Å². The van der Waals surface area contributed by atoms with Crippen LogP contribution in [-0.2, 0) is 14.2 Å². The van der Waals surface area contributed by atoms with Crippen LogP contribution in [0.2, 0.25) is 0 Å². The minimum atomic E-state index is -0.853. The number of ether oxygens (including phenoxy) is 3. The van der Waals surface area contributed by atoms with E-state index in [1.165, 1.54) is 77.0 Å². The summed E-state index contributed by atoms with van der Waals surface area (Å²) in [6.45, 7) is 21.7. The van der Waals surface area contributed by atoms with E-state index in [9.17, 15) is 0 Å². The van der Waals surface area contributed by atoms with Crippen LogP contribution in [0.4, 0.5) is 17.8 Å². The van der Waals surface area contributed by atoms with E-state index in [4.69, 9.17) is 29.2 Å². The Kier molecular flexibility index (Phi) is 26.9. The van der Waals surface area contributed by atoms with Gasteiger partial charge in [0.15, 0.2) is 0 Å². The molecule has 276 valence electrons. The molecule has 1 aromatic rings. The molecule has 0 fully saturated rings. The molecule has 0 amide bonds. The summed E-state index contributed by atoms with van der Waals surface area (Å²) in [7, 11) is 0. The third kappa shape index (κ3) is 19.8. The summed E-state index contributed by atoms with van der Waals surface area (Å²) in [6, 6.07) is 0. The average Bonchev–Trinajstić information content (AvgIpc) is 3.07. The van der Waals surface area contributed by atoms with Gasteiger partial charge in [-0.1, -0.05) is 105 Å². The third-order valence-corrected chi connectivity index (χ3v) is 8.59. The summed E-state index contributed by atoms with van der Waals surface area (Å²) in [4.78, 5) is 19.7. The van der Waals surface area contributed by atoms with Crippen molar-refractivity contribution in [1.29, 1.82) is 0 Å².